The Morgan fingerprint density at radius 3 is 1.65 bits per heavy atom. The van der Waals surface area contributed by atoms with E-state index in [0.29, 0.717) is 17.5 Å². The largest absolute Gasteiger partial charge is 0.309 e. The molecule has 0 amide bonds. The summed E-state index contributed by atoms with van der Waals surface area (Å²) < 4.78 is 7.51. The predicted octanol–water partition coefficient (Wildman–Crippen LogP) is 14.4. The van der Waals surface area contributed by atoms with Gasteiger partial charge in [-0.3, -0.25) is 0 Å². The molecule has 57 heavy (non-hydrogen) atoms. The minimum atomic E-state index is 0.660. The van der Waals surface area contributed by atoms with Gasteiger partial charge in [0.2, 0.25) is 0 Å². The molecule has 266 valence electrons. The first kappa shape index (κ1) is 32.3. The van der Waals surface area contributed by atoms with E-state index in [1.165, 1.54) is 73.3 Å². The lowest BCUT2D eigenvalue weighted by molar-refractivity contribution is 1.07. The molecule has 6 heteroatoms. The highest BCUT2D eigenvalue weighted by Crippen LogP contribution is 2.47. The fourth-order valence-corrected chi connectivity index (χ4v) is 10.8. The molecule has 0 unspecified atom stereocenters. The van der Waals surface area contributed by atoms with Crippen molar-refractivity contribution in [2.75, 3.05) is 0 Å². The summed E-state index contributed by atoms with van der Waals surface area (Å²) in [6.07, 6.45) is 0. The summed E-state index contributed by atoms with van der Waals surface area (Å²) in [6, 6.07) is 64.9. The standard InChI is InChI=1S/C51H30N4S2/c1-4-14-31(15-5-1)49-52-50(32-16-6-2-7-17-32)54-51(53-49)33-26-27-38-45(28-33)57-44-25-13-22-37(48(38)44)36-21-12-23-41-47(36)40-29-39-35-20-10-11-24-43(35)56-46(39)30-42(40)55(41)34-18-8-3-9-19-34/h1-30H. The predicted molar refractivity (Wildman–Crippen MR) is 242 cm³/mol. The molecule has 0 aliphatic rings. The van der Waals surface area contributed by atoms with Crippen LogP contribution < -0.4 is 0 Å². The van der Waals surface area contributed by atoms with Gasteiger partial charge in [0, 0.05) is 73.5 Å². The SMILES string of the molecule is c1ccc(-c2nc(-c3ccccc3)nc(-c3ccc4c(c3)sc3cccc(-c5cccc6c5c5cc7c(cc5n6-c5ccccc5)sc5ccccc57)c34)n2)cc1. The molecule has 12 aromatic rings. The summed E-state index contributed by atoms with van der Waals surface area (Å²) in [5.41, 5.74) is 8.93. The Hall–Kier alpha value is -6.99. The van der Waals surface area contributed by atoms with Crippen molar-refractivity contribution in [3.63, 3.8) is 0 Å². The molecule has 0 aliphatic carbocycles. The fraction of sp³-hybridized carbons (Fsp3) is 0. The summed E-state index contributed by atoms with van der Waals surface area (Å²) in [7, 11) is 0. The summed E-state index contributed by atoms with van der Waals surface area (Å²) in [5, 5.41) is 7.64. The molecule has 0 radical (unpaired) electrons. The van der Waals surface area contributed by atoms with Crippen molar-refractivity contribution >= 4 is 84.8 Å². The van der Waals surface area contributed by atoms with Gasteiger partial charge in [-0.15, -0.1) is 22.7 Å². The van der Waals surface area contributed by atoms with E-state index in [-0.39, 0.29) is 0 Å². The van der Waals surface area contributed by atoms with Crippen molar-refractivity contribution in [1.82, 2.24) is 19.5 Å². The molecule has 4 aromatic heterocycles. The van der Waals surface area contributed by atoms with E-state index in [9.17, 15) is 0 Å². The van der Waals surface area contributed by atoms with E-state index in [1.54, 1.807) is 0 Å². The molecule has 4 nitrogen and oxygen atoms in total. The summed E-state index contributed by atoms with van der Waals surface area (Å²) in [6.45, 7) is 0. The first-order valence-electron chi connectivity index (χ1n) is 19.0. The zero-order chi connectivity index (χ0) is 37.5. The highest BCUT2D eigenvalue weighted by atomic mass is 32.1. The molecule has 0 saturated carbocycles. The molecule has 0 atom stereocenters. The molecular formula is C51H30N4S2. The van der Waals surface area contributed by atoms with Gasteiger partial charge in [0.25, 0.3) is 0 Å². The van der Waals surface area contributed by atoms with Crippen molar-refractivity contribution in [3.05, 3.63) is 182 Å². The van der Waals surface area contributed by atoms with Gasteiger partial charge in [-0.05, 0) is 59.7 Å². The van der Waals surface area contributed by atoms with E-state index in [0.717, 1.165) is 22.4 Å². The first-order chi connectivity index (χ1) is 28.2. The number of rotatable bonds is 5. The van der Waals surface area contributed by atoms with Crippen LogP contribution in [-0.4, -0.2) is 19.5 Å². The molecule has 0 saturated heterocycles. The van der Waals surface area contributed by atoms with Crippen LogP contribution >= 0.6 is 22.7 Å². The van der Waals surface area contributed by atoms with Gasteiger partial charge in [-0.2, -0.15) is 0 Å². The average molecular weight is 763 g/mol. The number of fused-ring (bicyclic) bond motifs is 9. The van der Waals surface area contributed by atoms with Crippen LogP contribution in [0, 0.1) is 0 Å². The third-order valence-electron chi connectivity index (χ3n) is 11.0. The van der Waals surface area contributed by atoms with Crippen LogP contribution in [0.5, 0.6) is 0 Å². The lowest BCUT2D eigenvalue weighted by Crippen LogP contribution is -1.99. The molecule has 4 heterocycles. The van der Waals surface area contributed by atoms with Gasteiger partial charge in [0.1, 0.15) is 0 Å². The minimum Gasteiger partial charge on any atom is -0.309 e. The van der Waals surface area contributed by atoms with Crippen molar-refractivity contribution in [1.29, 1.82) is 0 Å². The van der Waals surface area contributed by atoms with Crippen LogP contribution in [0.2, 0.25) is 0 Å². The molecule has 0 fully saturated rings. The molecule has 0 N–H and O–H groups in total. The Labute approximate surface area is 335 Å². The number of aromatic nitrogens is 4. The zero-order valence-electron chi connectivity index (χ0n) is 30.4. The van der Waals surface area contributed by atoms with Gasteiger partial charge in [-0.25, -0.2) is 15.0 Å². The summed E-state index contributed by atoms with van der Waals surface area (Å²) in [5.74, 6) is 1.98. The van der Waals surface area contributed by atoms with Crippen molar-refractivity contribution in [3.8, 4) is 51.0 Å². The third kappa shape index (κ3) is 5.15. The van der Waals surface area contributed by atoms with Crippen molar-refractivity contribution < 1.29 is 0 Å². The first-order valence-corrected chi connectivity index (χ1v) is 20.7. The Bertz CT molecular complexity index is 3450. The Kier molecular flexibility index (Phi) is 7.24. The van der Waals surface area contributed by atoms with Crippen LogP contribution in [-0.2, 0) is 0 Å². The number of para-hydroxylation sites is 1. The highest BCUT2D eigenvalue weighted by molar-refractivity contribution is 7.26. The van der Waals surface area contributed by atoms with Crippen LogP contribution in [0.15, 0.2) is 182 Å². The van der Waals surface area contributed by atoms with E-state index >= 15 is 0 Å². The maximum Gasteiger partial charge on any atom is 0.164 e. The number of hydrogen-bond acceptors (Lipinski definition) is 5. The Morgan fingerprint density at radius 1 is 0.333 bits per heavy atom. The molecule has 0 bridgehead atoms. The van der Waals surface area contributed by atoms with Gasteiger partial charge in [0.15, 0.2) is 17.5 Å². The molecule has 0 aliphatic heterocycles. The van der Waals surface area contributed by atoms with Crippen LogP contribution in [0.25, 0.3) is 113 Å². The number of nitrogens with zero attached hydrogens (tertiary/aromatic N) is 4. The topological polar surface area (TPSA) is 43.6 Å². The number of hydrogen-bond donors (Lipinski definition) is 0. The normalized spacial score (nSPS) is 11.9. The quantitative estimate of drug-likeness (QED) is 0.175. The zero-order valence-corrected chi connectivity index (χ0v) is 32.1. The number of benzene rings is 8. The van der Waals surface area contributed by atoms with Crippen LogP contribution in [0.1, 0.15) is 0 Å². The van der Waals surface area contributed by atoms with Gasteiger partial charge in [-0.1, -0.05) is 133 Å². The lowest BCUT2D eigenvalue weighted by atomic mass is 9.95. The van der Waals surface area contributed by atoms with Crippen LogP contribution in [0.4, 0.5) is 0 Å². The van der Waals surface area contributed by atoms with E-state index in [4.69, 9.17) is 15.0 Å². The summed E-state index contributed by atoms with van der Waals surface area (Å²) >= 11 is 3.69. The minimum absolute atomic E-state index is 0.660. The van der Waals surface area contributed by atoms with E-state index < -0.39 is 0 Å². The van der Waals surface area contributed by atoms with E-state index in [1.807, 2.05) is 83.3 Å². The monoisotopic (exact) mass is 762 g/mol. The maximum atomic E-state index is 5.03. The second kappa shape index (κ2) is 12.8. The molecule has 0 spiro atoms. The van der Waals surface area contributed by atoms with Crippen molar-refractivity contribution in [2.45, 2.75) is 0 Å². The van der Waals surface area contributed by atoms with Gasteiger partial charge in [0.05, 0.1) is 11.0 Å². The molecular weight excluding hydrogens is 733 g/mol. The number of thiophene rings is 2. The Balaban J connectivity index is 1.08. The fourth-order valence-electron chi connectivity index (χ4n) is 8.49. The van der Waals surface area contributed by atoms with Gasteiger partial charge < -0.3 is 4.57 Å². The smallest absolute Gasteiger partial charge is 0.164 e. The summed E-state index contributed by atoms with van der Waals surface area (Å²) in [4.78, 5) is 15.0. The second-order valence-corrected chi connectivity index (χ2v) is 16.5. The van der Waals surface area contributed by atoms with Gasteiger partial charge >= 0.3 is 0 Å². The second-order valence-electron chi connectivity index (χ2n) is 14.4. The lowest BCUT2D eigenvalue weighted by Gasteiger charge is -2.10. The average Bonchev–Trinajstić information content (AvgIpc) is 3.95. The maximum absolute atomic E-state index is 5.03. The third-order valence-corrected chi connectivity index (χ3v) is 13.3. The Morgan fingerprint density at radius 2 is 0.912 bits per heavy atom. The molecule has 12 rings (SSSR count). The van der Waals surface area contributed by atoms with E-state index in [2.05, 4.69) is 126 Å². The van der Waals surface area contributed by atoms with Crippen molar-refractivity contribution in [2.24, 2.45) is 0 Å². The molecule has 8 aromatic carbocycles. The van der Waals surface area contributed by atoms with Crippen LogP contribution in [0.3, 0.4) is 0 Å². The highest BCUT2D eigenvalue weighted by Gasteiger charge is 2.21.